The summed E-state index contributed by atoms with van der Waals surface area (Å²) in [5, 5.41) is 8.84. The number of carbonyl (C=O) groups is 1. The number of aryl methyl sites for hydroxylation is 1. The van der Waals surface area contributed by atoms with Gasteiger partial charge in [0.25, 0.3) is 0 Å². The number of benzene rings is 1. The van der Waals surface area contributed by atoms with Gasteiger partial charge in [-0.05, 0) is 18.6 Å². The van der Waals surface area contributed by atoms with Crippen molar-refractivity contribution in [2.24, 2.45) is 0 Å². The Balaban J connectivity index is 3.10. The number of methoxy groups -OCH3 is 1. The first-order valence-corrected chi connectivity index (χ1v) is 4.21. The van der Waals surface area contributed by atoms with Crippen LogP contribution in [0.15, 0.2) is 12.1 Å². The molecule has 0 saturated carbocycles. The first-order chi connectivity index (χ1) is 7.06. The van der Waals surface area contributed by atoms with E-state index in [4.69, 9.17) is 9.84 Å². The molecule has 5 heteroatoms. The van der Waals surface area contributed by atoms with E-state index in [-0.39, 0.29) is 23.7 Å². The lowest BCUT2D eigenvalue weighted by atomic mass is 10.1. The minimum Gasteiger partial charge on any atom is -0.478 e. The van der Waals surface area contributed by atoms with Crippen LogP contribution in [0.4, 0.5) is 4.39 Å². The fourth-order valence-electron chi connectivity index (χ4n) is 1.07. The maximum absolute atomic E-state index is 13.1. The van der Waals surface area contributed by atoms with Crippen LogP contribution in [0.1, 0.15) is 15.9 Å². The highest BCUT2D eigenvalue weighted by molar-refractivity contribution is 5.91. The Kier molecular flexibility index (Phi) is 3.62. The maximum atomic E-state index is 13.1. The van der Waals surface area contributed by atoms with E-state index in [2.05, 4.69) is 4.74 Å². The summed E-state index contributed by atoms with van der Waals surface area (Å²) in [5.74, 6) is -1.71. The van der Waals surface area contributed by atoms with Crippen molar-refractivity contribution in [3.63, 3.8) is 0 Å². The van der Waals surface area contributed by atoms with Crippen LogP contribution in [0, 0.1) is 12.7 Å². The minimum absolute atomic E-state index is 0.0348. The molecule has 0 atom stereocenters. The molecule has 0 aliphatic carbocycles. The van der Waals surface area contributed by atoms with Crippen molar-refractivity contribution < 1.29 is 23.8 Å². The lowest BCUT2D eigenvalue weighted by Crippen LogP contribution is -2.06. The van der Waals surface area contributed by atoms with Gasteiger partial charge in [0, 0.05) is 13.2 Å². The quantitative estimate of drug-likeness (QED) is 0.776. The fraction of sp³-hybridized carbons (Fsp3) is 0.300. The molecule has 1 rings (SSSR count). The summed E-state index contributed by atoms with van der Waals surface area (Å²) in [6, 6.07) is 2.26. The SMILES string of the molecule is COCOc1cc(F)c(C)cc1C(=O)O. The predicted octanol–water partition coefficient (Wildman–Crippen LogP) is 1.82. The number of rotatable bonds is 4. The maximum Gasteiger partial charge on any atom is 0.339 e. The smallest absolute Gasteiger partial charge is 0.339 e. The van der Waals surface area contributed by atoms with Gasteiger partial charge in [0.1, 0.15) is 17.1 Å². The summed E-state index contributed by atoms with van der Waals surface area (Å²) >= 11 is 0. The number of aromatic carboxylic acids is 1. The standard InChI is InChI=1S/C10H11FO4/c1-6-3-7(10(12)13)9(4-8(6)11)15-5-14-2/h3-4H,5H2,1-2H3,(H,12,13). The number of ether oxygens (including phenoxy) is 2. The van der Waals surface area contributed by atoms with Crippen molar-refractivity contribution in [2.45, 2.75) is 6.92 Å². The third-order valence-corrected chi connectivity index (χ3v) is 1.82. The molecule has 1 N–H and O–H groups in total. The van der Waals surface area contributed by atoms with Crippen LogP contribution in [0.2, 0.25) is 0 Å². The predicted molar refractivity (Wildman–Crippen MR) is 50.6 cm³/mol. The number of carboxylic acid groups (broad SMARTS) is 1. The van der Waals surface area contributed by atoms with Gasteiger partial charge in [0.05, 0.1) is 0 Å². The van der Waals surface area contributed by atoms with Crippen molar-refractivity contribution in [3.8, 4) is 5.75 Å². The van der Waals surface area contributed by atoms with Crippen LogP contribution in [-0.2, 0) is 4.74 Å². The Morgan fingerprint density at radius 1 is 1.53 bits per heavy atom. The monoisotopic (exact) mass is 214 g/mol. The van der Waals surface area contributed by atoms with E-state index in [9.17, 15) is 9.18 Å². The van der Waals surface area contributed by atoms with Crippen LogP contribution in [-0.4, -0.2) is 25.0 Å². The molecule has 0 radical (unpaired) electrons. The summed E-state index contributed by atoms with van der Waals surface area (Å²) in [6.45, 7) is 1.37. The topological polar surface area (TPSA) is 55.8 Å². The molecule has 15 heavy (non-hydrogen) atoms. The molecule has 0 heterocycles. The second-order valence-electron chi connectivity index (χ2n) is 2.95. The summed E-state index contributed by atoms with van der Waals surface area (Å²) in [4.78, 5) is 10.8. The summed E-state index contributed by atoms with van der Waals surface area (Å²) in [6.07, 6.45) is 0. The van der Waals surface area contributed by atoms with E-state index in [1.165, 1.54) is 20.1 Å². The molecule has 0 aromatic heterocycles. The summed E-state index contributed by atoms with van der Waals surface area (Å²) in [7, 11) is 1.39. The highest BCUT2D eigenvalue weighted by Gasteiger charge is 2.14. The van der Waals surface area contributed by atoms with Gasteiger partial charge in [0.15, 0.2) is 6.79 Å². The molecule has 82 valence electrons. The average molecular weight is 214 g/mol. The van der Waals surface area contributed by atoms with Gasteiger partial charge in [-0.15, -0.1) is 0 Å². The zero-order chi connectivity index (χ0) is 11.4. The number of hydrogen-bond acceptors (Lipinski definition) is 3. The van der Waals surface area contributed by atoms with Crippen molar-refractivity contribution in [1.29, 1.82) is 0 Å². The number of halogens is 1. The van der Waals surface area contributed by atoms with Gasteiger partial charge in [-0.25, -0.2) is 9.18 Å². The fourth-order valence-corrected chi connectivity index (χ4v) is 1.07. The largest absolute Gasteiger partial charge is 0.478 e. The Morgan fingerprint density at radius 2 is 2.20 bits per heavy atom. The molecule has 0 bridgehead atoms. The molecule has 0 unspecified atom stereocenters. The Morgan fingerprint density at radius 3 is 2.73 bits per heavy atom. The van der Waals surface area contributed by atoms with Gasteiger partial charge in [-0.1, -0.05) is 0 Å². The van der Waals surface area contributed by atoms with E-state index in [1.54, 1.807) is 0 Å². The van der Waals surface area contributed by atoms with Crippen molar-refractivity contribution in [3.05, 3.63) is 29.1 Å². The van der Waals surface area contributed by atoms with Gasteiger partial charge >= 0.3 is 5.97 Å². The van der Waals surface area contributed by atoms with Crippen molar-refractivity contribution >= 4 is 5.97 Å². The van der Waals surface area contributed by atoms with Crippen LogP contribution in [0.5, 0.6) is 5.75 Å². The highest BCUT2D eigenvalue weighted by atomic mass is 19.1. The summed E-state index contributed by atoms with van der Waals surface area (Å²) < 4.78 is 22.7. The lowest BCUT2D eigenvalue weighted by Gasteiger charge is -2.09. The molecule has 0 spiro atoms. The zero-order valence-corrected chi connectivity index (χ0v) is 8.41. The molecule has 4 nitrogen and oxygen atoms in total. The Labute approximate surface area is 86.2 Å². The van der Waals surface area contributed by atoms with Gasteiger partial charge < -0.3 is 14.6 Å². The van der Waals surface area contributed by atoms with Crippen molar-refractivity contribution in [1.82, 2.24) is 0 Å². The van der Waals surface area contributed by atoms with E-state index < -0.39 is 11.8 Å². The first kappa shape index (κ1) is 11.5. The average Bonchev–Trinajstić information content (AvgIpc) is 2.19. The van der Waals surface area contributed by atoms with E-state index in [0.29, 0.717) is 0 Å². The van der Waals surface area contributed by atoms with E-state index >= 15 is 0 Å². The highest BCUT2D eigenvalue weighted by Crippen LogP contribution is 2.22. The molecule has 1 aromatic carbocycles. The molecule has 0 amide bonds. The van der Waals surface area contributed by atoms with Gasteiger partial charge in [-0.3, -0.25) is 0 Å². The minimum atomic E-state index is -1.16. The molecule has 0 fully saturated rings. The third-order valence-electron chi connectivity index (χ3n) is 1.82. The molecule has 1 aromatic rings. The Bertz CT molecular complexity index is 376. The second kappa shape index (κ2) is 4.75. The van der Waals surface area contributed by atoms with E-state index in [0.717, 1.165) is 6.07 Å². The molecule has 0 saturated heterocycles. The van der Waals surface area contributed by atoms with E-state index in [1.807, 2.05) is 0 Å². The lowest BCUT2D eigenvalue weighted by molar-refractivity contribution is 0.0481. The molecular formula is C10H11FO4. The number of hydrogen-bond donors (Lipinski definition) is 1. The third kappa shape index (κ3) is 2.66. The number of carboxylic acids is 1. The zero-order valence-electron chi connectivity index (χ0n) is 8.41. The van der Waals surface area contributed by atoms with Gasteiger partial charge in [0.2, 0.25) is 0 Å². The van der Waals surface area contributed by atoms with Crippen molar-refractivity contribution in [2.75, 3.05) is 13.9 Å². The second-order valence-corrected chi connectivity index (χ2v) is 2.95. The first-order valence-electron chi connectivity index (χ1n) is 4.21. The Hall–Kier alpha value is -1.62. The van der Waals surface area contributed by atoms with Crippen LogP contribution < -0.4 is 4.74 Å². The normalized spacial score (nSPS) is 10.1. The molecular weight excluding hydrogens is 203 g/mol. The van der Waals surface area contributed by atoms with Crippen LogP contribution in [0.25, 0.3) is 0 Å². The van der Waals surface area contributed by atoms with Crippen LogP contribution in [0.3, 0.4) is 0 Å². The molecule has 0 aliphatic rings. The molecule has 0 aliphatic heterocycles. The van der Waals surface area contributed by atoms with Crippen LogP contribution >= 0.6 is 0 Å². The summed E-state index contributed by atoms with van der Waals surface area (Å²) in [5.41, 5.74) is 0.183. The van der Waals surface area contributed by atoms with Gasteiger partial charge in [-0.2, -0.15) is 0 Å².